The molecular weight excluding hydrogens is 180 g/mol. The maximum atomic E-state index is 11.9. The second-order valence-corrected chi connectivity index (χ2v) is 4.85. The number of amides is 2. The molecule has 0 radical (unpaired) electrons. The molecule has 2 unspecified atom stereocenters. The lowest BCUT2D eigenvalue weighted by molar-refractivity contribution is -0.141. The van der Waals surface area contributed by atoms with Crippen molar-refractivity contribution in [3.8, 4) is 0 Å². The fraction of sp³-hybridized carbons (Fsp3) is 0.800. The molecule has 0 aromatic carbocycles. The van der Waals surface area contributed by atoms with Crippen molar-refractivity contribution >= 4 is 11.8 Å². The zero-order valence-corrected chi connectivity index (χ0v) is 8.67. The van der Waals surface area contributed by atoms with Crippen LogP contribution in [0.4, 0.5) is 0 Å². The summed E-state index contributed by atoms with van der Waals surface area (Å²) in [5, 5.41) is 0.825. The lowest BCUT2D eigenvalue weighted by Crippen LogP contribution is -2.42. The third-order valence-electron chi connectivity index (χ3n) is 4.20. The summed E-state index contributed by atoms with van der Waals surface area (Å²) in [6, 6.07) is 0. The Balaban J connectivity index is 2.51. The van der Waals surface area contributed by atoms with Crippen LogP contribution < -0.4 is 5.84 Å². The number of nitrogens with zero attached hydrogens (tertiary/aromatic N) is 1. The Labute approximate surface area is 83.4 Å². The monoisotopic (exact) mass is 196 g/mol. The summed E-state index contributed by atoms with van der Waals surface area (Å²) in [5.74, 6) is 5.08. The highest BCUT2D eigenvalue weighted by atomic mass is 16.2. The van der Waals surface area contributed by atoms with Crippen molar-refractivity contribution in [2.75, 3.05) is 0 Å². The molecule has 1 saturated carbocycles. The average Bonchev–Trinajstić information content (AvgIpc) is 2.30. The minimum atomic E-state index is -0.558. The van der Waals surface area contributed by atoms with Gasteiger partial charge in [0, 0.05) is 0 Å². The van der Waals surface area contributed by atoms with E-state index in [0.29, 0.717) is 0 Å². The predicted molar refractivity (Wildman–Crippen MR) is 50.7 cm³/mol. The van der Waals surface area contributed by atoms with E-state index in [9.17, 15) is 9.59 Å². The number of rotatable bonds is 0. The largest absolute Gasteiger partial charge is 0.272 e. The van der Waals surface area contributed by atoms with E-state index in [0.717, 1.165) is 30.7 Å². The number of hydrogen-bond donors (Lipinski definition) is 1. The van der Waals surface area contributed by atoms with Gasteiger partial charge in [-0.3, -0.25) is 9.59 Å². The summed E-state index contributed by atoms with van der Waals surface area (Å²) in [7, 11) is 0. The van der Waals surface area contributed by atoms with Crippen LogP contribution in [0.3, 0.4) is 0 Å². The Morgan fingerprint density at radius 2 is 1.43 bits per heavy atom. The van der Waals surface area contributed by atoms with Crippen molar-refractivity contribution in [2.24, 2.45) is 16.7 Å². The van der Waals surface area contributed by atoms with Crippen LogP contribution in [0.15, 0.2) is 0 Å². The van der Waals surface area contributed by atoms with E-state index in [-0.39, 0.29) is 11.8 Å². The first-order valence-corrected chi connectivity index (χ1v) is 5.07. The molecule has 1 aliphatic carbocycles. The average molecular weight is 196 g/mol. The summed E-state index contributed by atoms with van der Waals surface area (Å²) in [6.07, 6.45) is 3.58. The van der Waals surface area contributed by atoms with E-state index in [4.69, 9.17) is 5.84 Å². The fourth-order valence-electron chi connectivity index (χ4n) is 2.82. The minimum absolute atomic E-state index is 0.204. The lowest BCUT2D eigenvalue weighted by atomic mass is 9.59. The number of carbonyl (C=O) groups excluding carboxylic acids is 2. The van der Waals surface area contributed by atoms with Gasteiger partial charge in [-0.25, -0.2) is 10.9 Å². The highest BCUT2D eigenvalue weighted by Crippen LogP contribution is 2.55. The Hall–Kier alpha value is -0.900. The summed E-state index contributed by atoms with van der Waals surface area (Å²) in [5.41, 5.74) is -1.12. The highest BCUT2D eigenvalue weighted by molar-refractivity contribution is 6.08. The van der Waals surface area contributed by atoms with Crippen LogP contribution in [0.1, 0.15) is 39.5 Å². The van der Waals surface area contributed by atoms with E-state index in [1.165, 1.54) is 0 Å². The van der Waals surface area contributed by atoms with Gasteiger partial charge in [-0.1, -0.05) is 12.8 Å². The van der Waals surface area contributed by atoms with Gasteiger partial charge in [0.05, 0.1) is 10.8 Å². The molecule has 0 aromatic heterocycles. The first kappa shape index (κ1) is 9.65. The molecule has 14 heavy (non-hydrogen) atoms. The van der Waals surface area contributed by atoms with Gasteiger partial charge in [0.2, 0.25) is 0 Å². The Morgan fingerprint density at radius 3 is 1.79 bits per heavy atom. The third kappa shape index (κ3) is 0.823. The van der Waals surface area contributed by atoms with Gasteiger partial charge < -0.3 is 0 Å². The SMILES string of the molecule is CC12CCCCC1(C)C(=O)N(N)C2=O. The molecule has 1 saturated heterocycles. The molecule has 4 nitrogen and oxygen atoms in total. The summed E-state index contributed by atoms with van der Waals surface area (Å²) >= 11 is 0. The van der Waals surface area contributed by atoms with Crippen molar-refractivity contribution < 1.29 is 9.59 Å². The van der Waals surface area contributed by atoms with Crippen LogP contribution in [-0.2, 0) is 9.59 Å². The van der Waals surface area contributed by atoms with Crippen molar-refractivity contribution in [1.82, 2.24) is 5.01 Å². The number of fused-ring (bicyclic) bond motifs is 1. The second-order valence-electron chi connectivity index (χ2n) is 4.85. The van der Waals surface area contributed by atoms with E-state index in [1.807, 2.05) is 13.8 Å². The van der Waals surface area contributed by atoms with E-state index < -0.39 is 10.8 Å². The molecule has 2 atom stereocenters. The number of nitrogens with two attached hydrogens (primary N) is 1. The van der Waals surface area contributed by atoms with Crippen molar-refractivity contribution in [1.29, 1.82) is 0 Å². The molecule has 2 aliphatic rings. The van der Waals surface area contributed by atoms with E-state index in [1.54, 1.807) is 0 Å². The maximum Gasteiger partial charge on any atom is 0.250 e. The molecule has 0 spiro atoms. The van der Waals surface area contributed by atoms with Crippen LogP contribution in [0.2, 0.25) is 0 Å². The van der Waals surface area contributed by atoms with Gasteiger partial charge in [-0.2, -0.15) is 0 Å². The molecular formula is C10H16N2O2. The molecule has 1 aliphatic heterocycles. The van der Waals surface area contributed by atoms with Gasteiger partial charge in [0.25, 0.3) is 11.8 Å². The third-order valence-corrected chi connectivity index (χ3v) is 4.20. The van der Waals surface area contributed by atoms with Crippen molar-refractivity contribution in [3.63, 3.8) is 0 Å². The normalized spacial score (nSPS) is 42.9. The molecule has 2 rings (SSSR count). The number of imide groups is 1. The fourth-order valence-corrected chi connectivity index (χ4v) is 2.82. The molecule has 0 aromatic rings. The van der Waals surface area contributed by atoms with E-state index >= 15 is 0 Å². The quantitative estimate of drug-likeness (QED) is 0.354. The number of carbonyl (C=O) groups is 2. The first-order chi connectivity index (χ1) is 6.43. The van der Waals surface area contributed by atoms with Crippen LogP contribution in [0.25, 0.3) is 0 Å². The Kier molecular flexibility index (Phi) is 1.77. The van der Waals surface area contributed by atoms with Gasteiger partial charge >= 0.3 is 0 Å². The number of hydrogen-bond acceptors (Lipinski definition) is 3. The Bertz CT molecular complexity index is 285. The van der Waals surface area contributed by atoms with Crippen molar-refractivity contribution in [2.45, 2.75) is 39.5 Å². The number of hydrazine groups is 1. The topological polar surface area (TPSA) is 63.4 Å². The molecule has 1 heterocycles. The molecule has 2 fully saturated rings. The van der Waals surface area contributed by atoms with Crippen LogP contribution >= 0.6 is 0 Å². The van der Waals surface area contributed by atoms with Gasteiger partial charge in [0.1, 0.15) is 0 Å². The lowest BCUT2D eigenvalue weighted by Gasteiger charge is -2.40. The zero-order valence-electron chi connectivity index (χ0n) is 8.67. The summed E-state index contributed by atoms with van der Waals surface area (Å²) in [4.78, 5) is 23.7. The van der Waals surface area contributed by atoms with Crippen LogP contribution in [0, 0.1) is 10.8 Å². The summed E-state index contributed by atoms with van der Waals surface area (Å²) in [6.45, 7) is 3.75. The molecule has 4 heteroatoms. The molecule has 2 amide bonds. The standard InChI is InChI=1S/C10H16N2O2/c1-9-5-3-4-6-10(9,2)8(14)12(11)7(9)13/h3-6,11H2,1-2H3. The van der Waals surface area contributed by atoms with Crippen LogP contribution in [0.5, 0.6) is 0 Å². The minimum Gasteiger partial charge on any atom is -0.272 e. The van der Waals surface area contributed by atoms with E-state index in [2.05, 4.69) is 0 Å². The van der Waals surface area contributed by atoms with Crippen LogP contribution in [-0.4, -0.2) is 16.8 Å². The molecule has 2 N–H and O–H groups in total. The van der Waals surface area contributed by atoms with Gasteiger partial charge in [-0.05, 0) is 26.7 Å². The van der Waals surface area contributed by atoms with Gasteiger partial charge in [0.15, 0.2) is 0 Å². The molecule has 0 bridgehead atoms. The smallest absolute Gasteiger partial charge is 0.250 e. The Morgan fingerprint density at radius 1 is 1.07 bits per heavy atom. The second kappa shape index (κ2) is 2.57. The maximum absolute atomic E-state index is 11.9. The zero-order chi connectivity index (χ0) is 10.6. The van der Waals surface area contributed by atoms with Crippen molar-refractivity contribution in [3.05, 3.63) is 0 Å². The predicted octanol–water partition coefficient (Wildman–Crippen LogP) is 0.815. The van der Waals surface area contributed by atoms with Gasteiger partial charge in [-0.15, -0.1) is 0 Å². The first-order valence-electron chi connectivity index (χ1n) is 5.07. The molecule has 78 valence electrons. The highest BCUT2D eigenvalue weighted by Gasteiger charge is 2.64. The summed E-state index contributed by atoms with van der Waals surface area (Å²) < 4.78 is 0.